The van der Waals surface area contributed by atoms with Crippen molar-refractivity contribution in [2.24, 2.45) is 0 Å². The maximum atomic E-state index is 11.9. The molecule has 2 N–H and O–H groups in total. The highest BCUT2D eigenvalue weighted by atomic mass is 19.4. The van der Waals surface area contributed by atoms with Crippen LogP contribution >= 0.6 is 0 Å². The molecule has 6 heteroatoms. The van der Waals surface area contributed by atoms with E-state index in [2.05, 4.69) is 10.6 Å². The topological polar surface area (TPSA) is 41.1 Å². The molecule has 0 aliphatic carbocycles. The summed E-state index contributed by atoms with van der Waals surface area (Å²) in [6.07, 6.45) is -4.55. The van der Waals surface area contributed by atoms with Gasteiger partial charge in [-0.25, -0.2) is 0 Å². The van der Waals surface area contributed by atoms with E-state index in [9.17, 15) is 18.0 Å². The monoisotopic (exact) mass is 272 g/mol. The summed E-state index contributed by atoms with van der Waals surface area (Å²) in [6, 6.07) is 7.19. The molecule has 1 aliphatic rings. The Bertz CT molecular complexity index is 434. The Labute approximate surface area is 109 Å². The van der Waals surface area contributed by atoms with E-state index in [0.29, 0.717) is 6.42 Å². The van der Waals surface area contributed by atoms with Gasteiger partial charge in [0.2, 0.25) is 5.91 Å². The Hall–Kier alpha value is -1.72. The molecule has 1 atom stereocenters. The van der Waals surface area contributed by atoms with Crippen LogP contribution < -0.4 is 10.6 Å². The second kappa shape index (κ2) is 5.50. The Morgan fingerprint density at radius 3 is 2.79 bits per heavy atom. The first kappa shape index (κ1) is 13.7. The van der Waals surface area contributed by atoms with Gasteiger partial charge >= 0.3 is 6.18 Å². The van der Waals surface area contributed by atoms with Crippen LogP contribution in [0.3, 0.4) is 0 Å². The number of fused-ring (bicyclic) bond motifs is 1. The summed E-state index contributed by atoms with van der Waals surface area (Å²) < 4.78 is 35.8. The van der Waals surface area contributed by atoms with Crippen molar-refractivity contribution in [3.63, 3.8) is 0 Å². The third kappa shape index (κ3) is 3.87. The summed E-state index contributed by atoms with van der Waals surface area (Å²) in [5, 5.41) is 5.59. The van der Waals surface area contributed by atoms with Gasteiger partial charge < -0.3 is 10.6 Å². The van der Waals surface area contributed by atoms with Crippen LogP contribution in [0.1, 0.15) is 18.4 Å². The highest BCUT2D eigenvalue weighted by Crippen LogP contribution is 2.25. The largest absolute Gasteiger partial charge is 0.389 e. The van der Waals surface area contributed by atoms with Crippen LogP contribution in [0.15, 0.2) is 24.3 Å². The highest BCUT2D eigenvalue weighted by Gasteiger charge is 2.28. The zero-order valence-electron chi connectivity index (χ0n) is 10.3. The Balaban J connectivity index is 1.74. The normalized spacial score (nSPS) is 17.7. The molecule has 3 nitrogen and oxygen atoms in total. The van der Waals surface area contributed by atoms with Gasteiger partial charge in [-0.3, -0.25) is 4.79 Å². The van der Waals surface area contributed by atoms with Gasteiger partial charge in [0.15, 0.2) is 0 Å². The minimum atomic E-state index is -4.16. The predicted octanol–water partition coefficient (Wildman–Crippen LogP) is 2.48. The maximum absolute atomic E-state index is 11.9. The lowest BCUT2D eigenvalue weighted by molar-refractivity contribution is -0.136. The van der Waals surface area contributed by atoms with Gasteiger partial charge in [-0.2, -0.15) is 13.2 Å². The van der Waals surface area contributed by atoms with Crippen LogP contribution in [0.5, 0.6) is 0 Å². The quantitative estimate of drug-likeness (QED) is 0.827. The molecule has 1 aromatic carbocycles. The van der Waals surface area contributed by atoms with Crippen LogP contribution in [0.2, 0.25) is 0 Å². The number of carbonyl (C=O) groups excluding carboxylic acids is 1. The standard InChI is InChI=1S/C13H15F3N2O/c14-13(15,16)6-3-7-17-12(19)11-8-9-4-1-2-5-10(9)18-11/h1-2,4-5,11,18H,3,6-8H2,(H,17,19)/t11-/m0/s1. The first-order chi connectivity index (χ1) is 8.96. The molecule has 0 fully saturated rings. The average Bonchev–Trinajstić information content (AvgIpc) is 2.77. The summed E-state index contributed by atoms with van der Waals surface area (Å²) in [7, 11) is 0. The molecule has 0 saturated carbocycles. The number of hydrogen-bond acceptors (Lipinski definition) is 2. The molecule has 2 rings (SSSR count). The number of benzene rings is 1. The number of alkyl halides is 3. The zero-order valence-corrected chi connectivity index (χ0v) is 10.3. The maximum Gasteiger partial charge on any atom is 0.389 e. The fourth-order valence-corrected chi connectivity index (χ4v) is 2.08. The summed E-state index contributed by atoms with van der Waals surface area (Å²) in [5.74, 6) is -0.252. The molecule has 1 aliphatic heterocycles. The third-order valence-electron chi connectivity index (χ3n) is 3.02. The lowest BCUT2D eigenvalue weighted by Crippen LogP contribution is -2.39. The second-order valence-electron chi connectivity index (χ2n) is 4.57. The van der Waals surface area contributed by atoms with Crippen molar-refractivity contribution in [3.8, 4) is 0 Å². The number of carbonyl (C=O) groups is 1. The number of para-hydroxylation sites is 1. The molecule has 0 unspecified atom stereocenters. The first-order valence-corrected chi connectivity index (χ1v) is 6.14. The lowest BCUT2D eigenvalue weighted by Gasteiger charge is -2.12. The second-order valence-corrected chi connectivity index (χ2v) is 4.57. The number of anilines is 1. The van der Waals surface area contributed by atoms with Crippen molar-refractivity contribution in [2.45, 2.75) is 31.5 Å². The van der Waals surface area contributed by atoms with Gasteiger partial charge in [0.1, 0.15) is 6.04 Å². The smallest absolute Gasteiger partial charge is 0.373 e. The first-order valence-electron chi connectivity index (χ1n) is 6.14. The van der Waals surface area contributed by atoms with Crippen LogP contribution in [0.25, 0.3) is 0 Å². The molecule has 1 heterocycles. The zero-order chi connectivity index (χ0) is 13.9. The SMILES string of the molecule is O=C(NCCCC(F)(F)F)[C@@H]1Cc2ccccc2N1. The third-order valence-corrected chi connectivity index (χ3v) is 3.02. The van der Waals surface area contributed by atoms with Crippen molar-refractivity contribution in [1.82, 2.24) is 5.32 Å². The Kier molecular flexibility index (Phi) is 3.97. The van der Waals surface area contributed by atoms with E-state index in [4.69, 9.17) is 0 Å². The van der Waals surface area contributed by atoms with E-state index in [1.165, 1.54) is 0 Å². The predicted molar refractivity (Wildman–Crippen MR) is 65.9 cm³/mol. The molecular weight excluding hydrogens is 257 g/mol. The van der Waals surface area contributed by atoms with Crippen molar-refractivity contribution >= 4 is 11.6 Å². The Morgan fingerprint density at radius 1 is 1.37 bits per heavy atom. The minimum absolute atomic E-state index is 0.0485. The molecule has 0 aromatic heterocycles. The summed E-state index contributed by atoms with van der Waals surface area (Å²) in [5.41, 5.74) is 1.97. The summed E-state index contributed by atoms with van der Waals surface area (Å²) in [4.78, 5) is 11.8. The summed E-state index contributed by atoms with van der Waals surface area (Å²) in [6.45, 7) is 0.0485. The fraction of sp³-hybridized carbons (Fsp3) is 0.462. The molecule has 104 valence electrons. The van der Waals surface area contributed by atoms with Crippen molar-refractivity contribution in [2.75, 3.05) is 11.9 Å². The fourth-order valence-electron chi connectivity index (χ4n) is 2.08. The molecule has 1 aromatic rings. The molecule has 0 spiro atoms. The number of hydrogen-bond donors (Lipinski definition) is 2. The molecule has 19 heavy (non-hydrogen) atoms. The number of rotatable bonds is 4. The number of amides is 1. The Morgan fingerprint density at radius 2 is 2.11 bits per heavy atom. The van der Waals surface area contributed by atoms with Gasteiger partial charge in [-0.05, 0) is 18.1 Å². The molecule has 1 amide bonds. The molecule has 0 radical (unpaired) electrons. The summed E-state index contributed by atoms with van der Waals surface area (Å²) >= 11 is 0. The van der Waals surface area contributed by atoms with Crippen molar-refractivity contribution in [3.05, 3.63) is 29.8 Å². The lowest BCUT2D eigenvalue weighted by atomic mass is 10.1. The van der Waals surface area contributed by atoms with Gasteiger partial charge in [-0.15, -0.1) is 0 Å². The molecule has 0 saturated heterocycles. The molecule has 0 bridgehead atoms. The number of halogens is 3. The van der Waals surface area contributed by atoms with Crippen LogP contribution in [0, 0.1) is 0 Å². The van der Waals surface area contributed by atoms with Gasteiger partial charge in [0.25, 0.3) is 0 Å². The van der Waals surface area contributed by atoms with E-state index >= 15 is 0 Å². The number of nitrogens with one attached hydrogen (secondary N) is 2. The minimum Gasteiger partial charge on any atom is -0.373 e. The van der Waals surface area contributed by atoms with E-state index in [-0.39, 0.29) is 24.9 Å². The average molecular weight is 272 g/mol. The van der Waals surface area contributed by atoms with Gasteiger partial charge in [-0.1, -0.05) is 18.2 Å². The van der Waals surface area contributed by atoms with Gasteiger partial charge in [0, 0.05) is 25.1 Å². The van der Waals surface area contributed by atoms with Crippen molar-refractivity contribution in [1.29, 1.82) is 0 Å². The van der Waals surface area contributed by atoms with E-state index < -0.39 is 12.6 Å². The highest BCUT2D eigenvalue weighted by molar-refractivity contribution is 5.87. The van der Waals surface area contributed by atoms with E-state index in [1.54, 1.807) is 0 Å². The van der Waals surface area contributed by atoms with E-state index in [0.717, 1.165) is 11.3 Å². The van der Waals surface area contributed by atoms with Crippen LogP contribution in [-0.4, -0.2) is 24.7 Å². The van der Waals surface area contributed by atoms with Crippen LogP contribution in [0.4, 0.5) is 18.9 Å². The molecular formula is C13H15F3N2O. The van der Waals surface area contributed by atoms with Crippen LogP contribution in [-0.2, 0) is 11.2 Å². The van der Waals surface area contributed by atoms with E-state index in [1.807, 2.05) is 24.3 Å². The van der Waals surface area contributed by atoms with Gasteiger partial charge in [0.05, 0.1) is 0 Å². The van der Waals surface area contributed by atoms with Crippen molar-refractivity contribution < 1.29 is 18.0 Å².